The quantitative estimate of drug-likeness (QED) is 0.684. The molecule has 2 amide bonds. The highest BCUT2D eigenvalue weighted by Gasteiger charge is 2.07. The molecule has 0 fully saturated rings. The first-order chi connectivity index (χ1) is 11.5. The molecule has 0 aliphatic heterocycles. The third kappa shape index (κ3) is 3.70. The Bertz CT molecular complexity index is 954. The Balaban J connectivity index is 1.65. The monoisotopic (exact) mass is 325 g/mol. The molecule has 0 atom stereocenters. The molecule has 1 aromatic heterocycles. The number of carbonyl (C=O) groups excluding carboxylic acids is 2. The van der Waals surface area contributed by atoms with Crippen molar-refractivity contribution in [3.05, 3.63) is 58.6 Å². The highest BCUT2D eigenvalue weighted by Crippen LogP contribution is 2.15. The molecule has 0 saturated heterocycles. The maximum atomic E-state index is 12.1. The average molecular weight is 325 g/mol. The molecule has 24 heavy (non-hydrogen) atoms. The van der Waals surface area contributed by atoms with Crippen LogP contribution in [0.1, 0.15) is 12.5 Å². The van der Waals surface area contributed by atoms with Gasteiger partial charge in [-0.2, -0.15) is 0 Å². The van der Waals surface area contributed by atoms with Crippen LogP contribution in [0.2, 0.25) is 0 Å². The van der Waals surface area contributed by atoms with E-state index in [1.807, 2.05) is 0 Å². The van der Waals surface area contributed by atoms with Gasteiger partial charge in [-0.15, -0.1) is 0 Å². The molecule has 0 spiro atoms. The Morgan fingerprint density at radius 1 is 1.04 bits per heavy atom. The molecule has 0 aliphatic carbocycles. The standard InChI is InChI=1S/C17H15N3O4/c1-10(21)18-12-3-5-13(6-4-12)19-16(22)9-11-2-7-15-14(8-11)20-17(23)24-15/h2-8H,9H2,1H3,(H,18,21)(H,19,22)(H,20,23). The molecule has 2 aromatic carbocycles. The maximum Gasteiger partial charge on any atom is 0.417 e. The number of amides is 2. The zero-order valence-corrected chi connectivity index (χ0v) is 12.9. The molecule has 122 valence electrons. The van der Waals surface area contributed by atoms with E-state index in [9.17, 15) is 14.4 Å². The number of nitrogens with one attached hydrogen (secondary N) is 3. The van der Waals surface area contributed by atoms with E-state index < -0.39 is 5.76 Å². The van der Waals surface area contributed by atoms with Gasteiger partial charge < -0.3 is 15.1 Å². The topological polar surface area (TPSA) is 104 Å². The van der Waals surface area contributed by atoms with E-state index in [1.165, 1.54) is 6.92 Å². The molecule has 0 bridgehead atoms. The van der Waals surface area contributed by atoms with Gasteiger partial charge in [0.05, 0.1) is 11.9 Å². The molecular formula is C17H15N3O4. The van der Waals surface area contributed by atoms with Crippen LogP contribution < -0.4 is 16.4 Å². The minimum Gasteiger partial charge on any atom is -0.408 e. The minimum atomic E-state index is -0.522. The number of benzene rings is 2. The molecular weight excluding hydrogens is 310 g/mol. The highest BCUT2D eigenvalue weighted by molar-refractivity contribution is 5.93. The zero-order chi connectivity index (χ0) is 17.1. The molecule has 3 aromatic rings. The van der Waals surface area contributed by atoms with Crippen molar-refractivity contribution < 1.29 is 14.0 Å². The van der Waals surface area contributed by atoms with Gasteiger partial charge in [0.1, 0.15) is 0 Å². The van der Waals surface area contributed by atoms with Gasteiger partial charge in [0.25, 0.3) is 0 Å². The summed E-state index contributed by atoms with van der Waals surface area (Å²) in [5, 5.41) is 5.43. The van der Waals surface area contributed by atoms with Gasteiger partial charge in [-0.25, -0.2) is 4.79 Å². The summed E-state index contributed by atoms with van der Waals surface area (Å²) in [7, 11) is 0. The van der Waals surface area contributed by atoms with Gasteiger partial charge in [0, 0.05) is 18.3 Å². The lowest BCUT2D eigenvalue weighted by atomic mass is 10.1. The third-order valence-corrected chi connectivity index (χ3v) is 3.34. The van der Waals surface area contributed by atoms with Crippen LogP contribution in [-0.2, 0) is 16.0 Å². The lowest BCUT2D eigenvalue weighted by molar-refractivity contribution is -0.116. The number of hydrogen-bond acceptors (Lipinski definition) is 4. The molecule has 7 heteroatoms. The van der Waals surface area contributed by atoms with Crippen LogP contribution in [0.3, 0.4) is 0 Å². The van der Waals surface area contributed by atoms with Crippen LogP contribution in [0.5, 0.6) is 0 Å². The van der Waals surface area contributed by atoms with E-state index >= 15 is 0 Å². The summed E-state index contributed by atoms with van der Waals surface area (Å²) in [6.45, 7) is 1.43. The average Bonchev–Trinajstić information content (AvgIpc) is 2.88. The van der Waals surface area contributed by atoms with Crippen LogP contribution in [0.15, 0.2) is 51.7 Å². The molecule has 0 saturated carbocycles. The maximum absolute atomic E-state index is 12.1. The second-order valence-corrected chi connectivity index (χ2v) is 5.33. The van der Waals surface area contributed by atoms with E-state index in [0.717, 1.165) is 5.56 Å². The minimum absolute atomic E-state index is 0.153. The molecule has 3 N–H and O–H groups in total. The molecule has 0 radical (unpaired) electrons. The Labute approximate surface area is 136 Å². The van der Waals surface area contributed by atoms with E-state index in [-0.39, 0.29) is 18.2 Å². The smallest absolute Gasteiger partial charge is 0.408 e. The Morgan fingerprint density at radius 2 is 1.71 bits per heavy atom. The summed E-state index contributed by atoms with van der Waals surface area (Å²) in [4.78, 5) is 36.8. The zero-order valence-electron chi connectivity index (χ0n) is 12.9. The number of fused-ring (bicyclic) bond motifs is 1. The summed E-state index contributed by atoms with van der Waals surface area (Å²) in [6.07, 6.45) is 0.163. The number of carbonyl (C=O) groups is 2. The number of anilines is 2. The van der Waals surface area contributed by atoms with Crippen molar-refractivity contribution in [1.29, 1.82) is 0 Å². The van der Waals surface area contributed by atoms with Gasteiger partial charge in [0.15, 0.2) is 5.58 Å². The van der Waals surface area contributed by atoms with Crippen molar-refractivity contribution in [2.24, 2.45) is 0 Å². The number of rotatable bonds is 4. The highest BCUT2D eigenvalue weighted by atomic mass is 16.4. The van der Waals surface area contributed by atoms with Gasteiger partial charge in [-0.05, 0) is 42.0 Å². The lowest BCUT2D eigenvalue weighted by Crippen LogP contribution is -2.14. The number of oxazole rings is 1. The van der Waals surface area contributed by atoms with Gasteiger partial charge >= 0.3 is 5.76 Å². The first-order valence-corrected chi connectivity index (χ1v) is 7.29. The van der Waals surface area contributed by atoms with Crippen LogP contribution in [0.4, 0.5) is 11.4 Å². The van der Waals surface area contributed by atoms with E-state index in [1.54, 1.807) is 42.5 Å². The summed E-state index contributed by atoms with van der Waals surface area (Å²) in [5.41, 5.74) is 3.07. The second-order valence-electron chi connectivity index (χ2n) is 5.33. The van der Waals surface area contributed by atoms with Crippen LogP contribution >= 0.6 is 0 Å². The number of hydrogen-bond donors (Lipinski definition) is 3. The lowest BCUT2D eigenvalue weighted by Gasteiger charge is -2.07. The Kier molecular flexibility index (Phi) is 4.15. The SMILES string of the molecule is CC(=O)Nc1ccc(NC(=O)Cc2ccc3oc(=O)[nH]c3c2)cc1. The summed E-state index contributed by atoms with van der Waals surface area (Å²) in [5.74, 6) is -0.863. The van der Waals surface area contributed by atoms with Gasteiger partial charge in [0.2, 0.25) is 11.8 Å². The van der Waals surface area contributed by atoms with Crippen molar-refractivity contribution in [3.8, 4) is 0 Å². The predicted molar refractivity (Wildman–Crippen MR) is 89.9 cm³/mol. The first kappa shape index (κ1) is 15.5. The van der Waals surface area contributed by atoms with E-state index in [0.29, 0.717) is 22.5 Å². The first-order valence-electron chi connectivity index (χ1n) is 7.29. The van der Waals surface area contributed by atoms with Crippen molar-refractivity contribution >= 4 is 34.3 Å². The fourth-order valence-corrected chi connectivity index (χ4v) is 2.34. The molecule has 0 unspecified atom stereocenters. The van der Waals surface area contributed by atoms with Crippen LogP contribution in [-0.4, -0.2) is 16.8 Å². The van der Waals surface area contributed by atoms with Crippen molar-refractivity contribution in [3.63, 3.8) is 0 Å². The largest absolute Gasteiger partial charge is 0.417 e. The molecule has 0 aliphatic rings. The van der Waals surface area contributed by atoms with Crippen molar-refractivity contribution in [2.45, 2.75) is 13.3 Å². The van der Waals surface area contributed by atoms with Crippen molar-refractivity contribution in [1.82, 2.24) is 4.98 Å². The summed E-state index contributed by atoms with van der Waals surface area (Å²) in [6, 6.07) is 11.9. The van der Waals surface area contributed by atoms with Crippen LogP contribution in [0, 0.1) is 0 Å². The number of aromatic amines is 1. The molecule has 7 nitrogen and oxygen atoms in total. The fraction of sp³-hybridized carbons (Fsp3) is 0.118. The second kappa shape index (κ2) is 6.41. The van der Waals surface area contributed by atoms with Crippen LogP contribution in [0.25, 0.3) is 11.1 Å². The molecule has 1 heterocycles. The third-order valence-electron chi connectivity index (χ3n) is 3.34. The number of aromatic nitrogens is 1. The normalized spacial score (nSPS) is 10.5. The van der Waals surface area contributed by atoms with Gasteiger partial charge in [-0.1, -0.05) is 6.07 Å². The Hall–Kier alpha value is -3.35. The summed E-state index contributed by atoms with van der Waals surface area (Å²) < 4.78 is 4.92. The molecule has 3 rings (SSSR count). The Morgan fingerprint density at radius 3 is 2.38 bits per heavy atom. The predicted octanol–water partition coefficient (Wildman–Crippen LogP) is 2.26. The van der Waals surface area contributed by atoms with Crippen molar-refractivity contribution in [2.75, 3.05) is 10.6 Å². The van der Waals surface area contributed by atoms with E-state index in [4.69, 9.17) is 4.42 Å². The van der Waals surface area contributed by atoms with Gasteiger partial charge in [-0.3, -0.25) is 14.6 Å². The fourth-order valence-electron chi connectivity index (χ4n) is 2.34. The van der Waals surface area contributed by atoms with E-state index in [2.05, 4.69) is 15.6 Å². The number of H-pyrrole nitrogens is 1. The summed E-state index contributed by atoms with van der Waals surface area (Å²) >= 11 is 0.